The predicted molar refractivity (Wildman–Crippen MR) is 35.8 cm³/mol. The summed E-state index contributed by atoms with van der Waals surface area (Å²) in [5.74, 6) is 0.269. The van der Waals surface area contributed by atoms with Crippen LogP contribution in [0.5, 0.6) is 0 Å². The third-order valence-electron chi connectivity index (χ3n) is 1.59. The lowest BCUT2D eigenvalue weighted by Crippen LogP contribution is -2.31. The summed E-state index contributed by atoms with van der Waals surface area (Å²) in [6.45, 7) is 4.92. The van der Waals surface area contributed by atoms with Crippen molar-refractivity contribution in [2.24, 2.45) is 0 Å². The molecule has 1 aliphatic heterocycles. The van der Waals surface area contributed by atoms with E-state index in [4.69, 9.17) is 0 Å². The maximum atomic E-state index is 10.9. The second kappa shape index (κ2) is 2.38. The minimum atomic E-state index is 0.269. The number of rotatable bonds is 1. The van der Waals surface area contributed by atoms with Crippen molar-refractivity contribution in [2.45, 2.75) is 26.3 Å². The van der Waals surface area contributed by atoms with Crippen LogP contribution in [-0.2, 0) is 4.79 Å². The van der Waals surface area contributed by atoms with Crippen molar-refractivity contribution in [3.63, 3.8) is 0 Å². The van der Waals surface area contributed by atoms with Crippen molar-refractivity contribution in [3.8, 4) is 0 Å². The lowest BCUT2D eigenvalue weighted by atomic mass is 10.3. The van der Waals surface area contributed by atoms with Crippen molar-refractivity contribution in [2.75, 3.05) is 6.54 Å². The minimum absolute atomic E-state index is 0.269. The Morgan fingerprint density at radius 3 is 2.56 bits per heavy atom. The molecule has 0 bridgehead atoms. The van der Waals surface area contributed by atoms with Crippen LogP contribution in [0.3, 0.4) is 0 Å². The largest absolute Gasteiger partial charge is 0.340 e. The number of hydrogen-bond donors (Lipinski definition) is 0. The van der Waals surface area contributed by atoms with Crippen LogP contribution in [0.25, 0.3) is 0 Å². The second-order valence-corrected chi connectivity index (χ2v) is 2.63. The van der Waals surface area contributed by atoms with Gasteiger partial charge in [-0.2, -0.15) is 0 Å². The maximum absolute atomic E-state index is 10.9. The highest BCUT2D eigenvalue weighted by atomic mass is 16.2. The van der Waals surface area contributed by atoms with E-state index in [1.165, 1.54) is 0 Å². The van der Waals surface area contributed by atoms with E-state index in [1.807, 2.05) is 25.2 Å². The molecule has 9 heavy (non-hydrogen) atoms. The molecule has 2 nitrogen and oxygen atoms in total. The smallest absolute Gasteiger partial charge is 0.223 e. The average Bonchev–Trinajstić information content (AvgIpc) is 2.13. The predicted octanol–water partition coefficient (Wildman–Crippen LogP) is 0.831. The summed E-state index contributed by atoms with van der Waals surface area (Å²) in [7, 11) is 0. The van der Waals surface area contributed by atoms with E-state index in [-0.39, 0.29) is 5.91 Å². The quantitative estimate of drug-likeness (QED) is 0.509. The molecule has 1 heterocycles. The normalized spacial score (nSPS) is 19.9. The summed E-state index contributed by atoms with van der Waals surface area (Å²) in [4.78, 5) is 12.8. The van der Waals surface area contributed by atoms with Gasteiger partial charge in [0.25, 0.3) is 0 Å². The molecule has 0 aromatic carbocycles. The zero-order valence-electron chi connectivity index (χ0n) is 5.92. The van der Waals surface area contributed by atoms with Gasteiger partial charge in [0.1, 0.15) is 0 Å². The molecule has 51 valence electrons. The van der Waals surface area contributed by atoms with E-state index in [2.05, 4.69) is 0 Å². The van der Waals surface area contributed by atoms with E-state index in [0.29, 0.717) is 12.5 Å². The van der Waals surface area contributed by atoms with Gasteiger partial charge in [-0.3, -0.25) is 4.79 Å². The monoisotopic (exact) mass is 126 g/mol. The average molecular weight is 126 g/mol. The number of hydrogen-bond acceptors (Lipinski definition) is 1. The molecule has 1 aliphatic rings. The van der Waals surface area contributed by atoms with Crippen LogP contribution in [0, 0.1) is 6.42 Å². The molecule has 1 amide bonds. The summed E-state index contributed by atoms with van der Waals surface area (Å²) >= 11 is 0. The van der Waals surface area contributed by atoms with Crippen LogP contribution < -0.4 is 0 Å². The van der Waals surface area contributed by atoms with Gasteiger partial charge < -0.3 is 4.90 Å². The van der Waals surface area contributed by atoms with E-state index in [1.54, 1.807) is 0 Å². The highest BCUT2D eigenvalue weighted by molar-refractivity contribution is 5.80. The molecule has 2 heteroatoms. The number of carbonyl (C=O) groups is 1. The van der Waals surface area contributed by atoms with Gasteiger partial charge in [0, 0.05) is 19.0 Å². The number of amides is 1. The minimum Gasteiger partial charge on any atom is -0.340 e. The lowest BCUT2D eigenvalue weighted by Gasteiger charge is -2.19. The molecule has 0 aliphatic carbocycles. The van der Waals surface area contributed by atoms with E-state index < -0.39 is 0 Å². The van der Waals surface area contributed by atoms with Crippen LogP contribution in [-0.4, -0.2) is 23.4 Å². The van der Waals surface area contributed by atoms with Gasteiger partial charge in [-0.05, 0) is 20.3 Å². The summed E-state index contributed by atoms with van der Waals surface area (Å²) < 4.78 is 0. The second-order valence-electron chi connectivity index (χ2n) is 2.63. The van der Waals surface area contributed by atoms with Gasteiger partial charge in [-0.15, -0.1) is 0 Å². The Balaban J connectivity index is 2.49. The molecule has 0 aromatic heterocycles. The van der Waals surface area contributed by atoms with Gasteiger partial charge in [-0.1, -0.05) is 0 Å². The Morgan fingerprint density at radius 1 is 1.67 bits per heavy atom. The molecule has 0 saturated carbocycles. The lowest BCUT2D eigenvalue weighted by molar-refractivity contribution is -0.129. The van der Waals surface area contributed by atoms with Crippen molar-refractivity contribution in [1.29, 1.82) is 0 Å². The van der Waals surface area contributed by atoms with Crippen LogP contribution in [0.15, 0.2) is 0 Å². The Morgan fingerprint density at radius 2 is 2.33 bits per heavy atom. The molecule has 0 unspecified atom stereocenters. The Kier molecular flexibility index (Phi) is 1.74. The zero-order valence-corrected chi connectivity index (χ0v) is 5.92. The van der Waals surface area contributed by atoms with E-state index in [0.717, 1.165) is 6.54 Å². The van der Waals surface area contributed by atoms with E-state index in [9.17, 15) is 4.79 Å². The molecular weight excluding hydrogens is 114 g/mol. The number of carbonyl (C=O) groups excluding carboxylic acids is 1. The first-order valence-corrected chi connectivity index (χ1v) is 3.33. The fourth-order valence-electron chi connectivity index (χ4n) is 1.04. The first kappa shape index (κ1) is 6.59. The number of likely N-dealkylation sites (tertiary alicyclic amines) is 1. The summed E-state index contributed by atoms with van der Waals surface area (Å²) in [6.07, 6.45) is 2.65. The molecule has 1 saturated heterocycles. The van der Waals surface area contributed by atoms with Crippen molar-refractivity contribution in [1.82, 2.24) is 4.90 Å². The van der Waals surface area contributed by atoms with Crippen LogP contribution in [0.1, 0.15) is 20.3 Å². The SMILES string of the molecule is CC(C)N1C[CH]CC1=O. The van der Waals surface area contributed by atoms with Crippen molar-refractivity contribution >= 4 is 5.91 Å². The Hall–Kier alpha value is -0.530. The summed E-state index contributed by atoms with van der Waals surface area (Å²) in [5, 5.41) is 0. The molecule has 0 atom stereocenters. The third kappa shape index (κ3) is 1.23. The van der Waals surface area contributed by atoms with Crippen molar-refractivity contribution < 1.29 is 4.79 Å². The van der Waals surface area contributed by atoms with Gasteiger partial charge >= 0.3 is 0 Å². The Bertz CT molecular complexity index is 120. The number of nitrogens with zero attached hydrogens (tertiary/aromatic N) is 1. The zero-order chi connectivity index (χ0) is 6.85. The topological polar surface area (TPSA) is 20.3 Å². The maximum Gasteiger partial charge on any atom is 0.223 e. The van der Waals surface area contributed by atoms with Crippen LogP contribution >= 0.6 is 0 Å². The first-order chi connectivity index (χ1) is 4.22. The molecule has 1 radical (unpaired) electrons. The van der Waals surface area contributed by atoms with Gasteiger partial charge in [-0.25, -0.2) is 0 Å². The fraction of sp³-hybridized carbons (Fsp3) is 0.714. The summed E-state index contributed by atoms with van der Waals surface area (Å²) in [6, 6.07) is 0.372. The Labute approximate surface area is 55.8 Å². The van der Waals surface area contributed by atoms with Gasteiger partial charge in [0.15, 0.2) is 0 Å². The standard InChI is InChI=1S/C7H12NO/c1-6(2)8-5-3-4-7(8)9/h3,6H,4-5H2,1-2H3. The van der Waals surface area contributed by atoms with Crippen LogP contribution in [0.2, 0.25) is 0 Å². The third-order valence-corrected chi connectivity index (χ3v) is 1.59. The molecule has 0 aromatic rings. The highest BCUT2D eigenvalue weighted by Crippen LogP contribution is 2.11. The molecule has 0 spiro atoms. The van der Waals surface area contributed by atoms with Gasteiger partial charge in [0.05, 0.1) is 0 Å². The molecule has 1 fully saturated rings. The molecular formula is C7H12NO. The molecule has 0 N–H and O–H groups in total. The first-order valence-electron chi connectivity index (χ1n) is 3.33. The van der Waals surface area contributed by atoms with Gasteiger partial charge in [0.2, 0.25) is 5.91 Å². The van der Waals surface area contributed by atoms with Crippen molar-refractivity contribution in [3.05, 3.63) is 6.42 Å². The fourth-order valence-corrected chi connectivity index (χ4v) is 1.04. The summed E-state index contributed by atoms with van der Waals surface area (Å²) in [5.41, 5.74) is 0. The highest BCUT2D eigenvalue weighted by Gasteiger charge is 2.21. The molecule has 1 rings (SSSR count). The van der Waals surface area contributed by atoms with Crippen LogP contribution in [0.4, 0.5) is 0 Å². The van der Waals surface area contributed by atoms with E-state index >= 15 is 0 Å².